The number of nitrogens with one attached hydrogen (secondary N) is 1. The maximum Gasteiger partial charge on any atom is 0.0595 e. The fourth-order valence-electron chi connectivity index (χ4n) is 2.13. The monoisotopic (exact) mass is 339 g/mol. The molecule has 0 fully saturated rings. The van der Waals surface area contributed by atoms with Crippen LogP contribution in [0, 0.1) is 6.92 Å². The van der Waals surface area contributed by atoms with E-state index in [1.165, 1.54) is 16.0 Å². The van der Waals surface area contributed by atoms with Crippen LogP contribution in [0.25, 0.3) is 0 Å². The molecule has 2 rings (SSSR count). The van der Waals surface area contributed by atoms with Crippen molar-refractivity contribution in [3.8, 4) is 0 Å². The molecule has 112 valence electrons. The van der Waals surface area contributed by atoms with Gasteiger partial charge in [0.05, 0.1) is 10.0 Å². The van der Waals surface area contributed by atoms with Crippen molar-refractivity contribution >= 4 is 35.0 Å². The second-order valence-electron chi connectivity index (χ2n) is 4.91. The summed E-state index contributed by atoms with van der Waals surface area (Å²) in [6.45, 7) is 5.14. The number of hydrogen-bond acceptors (Lipinski definition) is 2. The molecule has 1 N–H and O–H groups in total. The van der Waals surface area contributed by atoms with Crippen LogP contribution in [0.15, 0.2) is 47.4 Å². The van der Waals surface area contributed by atoms with Gasteiger partial charge in [-0.3, -0.25) is 0 Å². The van der Waals surface area contributed by atoms with E-state index in [1.54, 1.807) is 0 Å². The summed E-state index contributed by atoms with van der Waals surface area (Å²) in [4.78, 5) is 1.29. The van der Waals surface area contributed by atoms with Gasteiger partial charge in [0, 0.05) is 16.7 Å². The fraction of sp³-hybridized carbons (Fsp3) is 0.294. The average Bonchev–Trinajstić information content (AvgIpc) is 2.46. The summed E-state index contributed by atoms with van der Waals surface area (Å²) < 4.78 is 0. The average molecular weight is 340 g/mol. The molecule has 0 aromatic heterocycles. The molecule has 21 heavy (non-hydrogen) atoms. The minimum Gasteiger partial charge on any atom is -0.309 e. The summed E-state index contributed by atoms with van der Waals surface area (Å²) >= 11 is 14.0. The predicted octanol–water partition coefficient (Wildman–Crippen LogP) is 5.74. The number of benzene rings is 2. The Labute approximate surface area is 141 Å². The normalized spacial score (nSPS) is 12.4. The Hall–Kier alpha value is -0.670. The molecule has 0 saturated heterocycles. The van der Waals surface area contributed by atoms with Crippen LogP contribution in [0.5, 0.6) is 0 Å². The molecule has 0 aliphatic rings. The van der Waals surface area contributed by atoms with Crippen molar-refractivity contribution in [2.45, 2.75) is 24.8 Å². The van der Waals surface area contributed by atoms with Crippen LogP contribution < -0.4 is 5.32 Å². The Kier molecular flexibility index (Phi) is 6.43. The lowest BCUT2D eigenvalue weighted by molar-refractivity contribution is 0.606. The van der Waals surface area contributed by atoms with E-state index in [1.807, 2.05) is 30.0 Å². The molecule has 0 saturated carbocycles. The lowest BCUT2D eigenvalue weighted by Gasteiger charge is -2.18. The number of hydrogen-bond donors (Lipinski definition) is 1. The van der Waals surface area contributed by atoms with E-state index in [9.17, 15) is 0 Å². The maximum atomic E-state index is 6.13. The number of thioether (sulfide) groups is 1. The quantitative estimate of drug-likeness (QED) is 0.673. The van der Waals surface area contributed by atoms with Crippen molar-refractivity contribution < 1.29 is 0 Å². The van der Waals surface area contributed by atoms with Gasteiger partial charge < -0.3 is 5.32 Å². The molecule has 2 aromatic carbocycles. The third-order valence-corrected chi connectivity index (χ3v) is 5.03. The third-order valence-electron chi connectivity index (χ3n) is 3.20. The van der Waals surface area contributed by atoms with E-state index in [0.29, 0.717) is 10.0 Å². The third kappa shape index (κ3) is 4.93. The summed E-state index contributed by atoms with van der Waals surface area (Å²) in [7, 11) is 0. The Balaban J connectivity index is 2.09. The number of rotatable bonds is 6. The van der Waals surface area contributed by atoms with Crippen molar-refractivity contribution in [1.82, 2.24) is 5.32 Å². The van der Waals surface area contributed by atoms with Gasteiger partial charge in [0.2, 0.25) is 0 Å². The van der Waals surface area contributed by atoms with E-state index in [0.717, 1.165) is 12.3 Å². The molecular weight excluding hydrogens is 321 g/mol. The minimum atomic E-state index is 0.260. The van der Waals surface area contributed by atoms with Crippen LogP contribution in [0.2, 0.25) is 10.0 Å². The van der Waals surface area contributed by atoms with Crippen molar-refractivity contribution in [2.75, 3.05) is 12.3 Å². The van der Waals surface area contributed by atoms with E-state index >= 15 is 0 Å². The predicted molar refractivity (Wildman–Crippen MR) is 94.8 cm³/mol. The Bertz CT molecular complexity index is 601. The van der Waals surface area contributed by atoms with Gasteiger partial charge in [-0.15, -0.1) is 11.8 Å². The summed E-state index contributed by atoms with van der Waals surface area (Å²) in [5.41, 5.74) is 2.46. The Morgan fingerprint density at radius 1 is 1.10 bits per heavy atom. The first kappa shape index (κ1) is 16.7. The van der Waals surface area contributed by atoms with Gasteiger partial charge in [-0.2, -0.15) is 0 Å². The Morgan fingerprint density at radius 2 is 1.90 bits per heavy atom. The van der Waals surface area contributed by atoms with Crippen LogP contribution in [0.4, 0.5) is 0 Å². The lowest BCUT2D eigenvalue weighted by Crippen LogP contribution is -2.22. The molecule has 4 heteroatoms. The molecule has 1 atom stereocenters. The highest BCUT2D eigenvalue weighted by Gasteiger charge is 2.12. The fourth-order valence-corrected chi connectivity index (χ4v) is 3.55. The minimum absolute atomic E-state index is 0.260. The number of aryl methyl sites for hydroxylation is 1. The standard InChI is InChI=1S/C17H19Cl2NS/c1-3-20-17(13-7-8-15(18)16(19)10-13)11-21-14-6-4-5-12(2)9-14/h4-10,17,20H,3,11H2,1-2H3. The molecule has 0 aliphatic carbocycles. The van der Waals surface area contributed by atoms with Crippen LogP contribution in [-0.2, 0) is 0 Å². The van der Waals surface area contributed by atoms with Gasteiger partial charge in [0.15, 0.2) is 0 Å². The van der Waals surface area contributed by atoms with E-state index < -0.39 is 0 Å². The van der Waals surface area contributed by atoms with Gasteiger partial charge in [0.1, 0.15) is 0 Å². The molecule has 1 unspecified atom stereocenters. The van der Waals surface area contributed by atoms with Crippen LogP contribution in [0.3, 0.4) is 0 Å². The van der Waals surface area contributed by atoms with Crippen molar-refractivity contribution in [1.29, 1.82) is 0 Å². The summed E-state index contributed by atoms with van der Waals surface area (Å²) in [6.07, 6.45) is 0. The first-order valence-electron chi connectivity index (χ1n) is 6.98. The highest BCUT2D eigenvalue weighted by Crippen LogP contribution is 2.29. The topological polar surface area (TPSA) is 12.0 Å². The first-order chi connectivity index (χ1) is 10.1. The molecular formula is C17H19Cl2NS. The van der Waals surface area contributed by atoms with Gasteiger partial charge in [0.25, 0.3) is 0 Å². The Morgan fingerprint density at radius 3 is 2.57 bits per heavy atom. The molecule has 0 spiro atoms. The largest absolute Gasteiger partial charge is 0.309 e. The molecule has 0 amide bonds. The molecule has 0 heterocycles. The molecule has 0 bridgehead atoms. The van der Waals surface area contributed by atoms with Crippen LogP contribution in [-0.4, -0.2) is 12.3 Å². The molecule has 0 radical (unpaired) electrons. The zero-order valence-corrected chi connectivity index (χ0v) is 14.5. The van der Waals surface area contributed by atoms with Crippen LogP contribution in [0.1, 0.15) is 24.1 Å². The smallest absolute Gasteiger partial charge is 0.0595 e. The van der Waals surface area contributed by atoms with Crippen LogP contribution >= 0.6 is 35.0 Å². The zero-order valence-electron chi connectivity index (χ0n) is 12.2. The van der Waals surface area contributed by atoms with Gasteiger partial charge >= 0.3 is 0 Å². The summed E-state index contributed by atoms with van der Waals surface area (Å²) in [6, 6.07) is 14.7. The van der Waals surface area contributed by atoms with E-state index in [2.05, 4.69) is 43.4 Å². The first-order valence-corrected chi connectivity index (χ1v) is 8.72. The van der Waals surface area contributed by atoms with Crippen molar-refractivity contribution in [2.24, 2.45) is 0 Å². The van der Waals surface area contributed by atoms with E-state index in [-0.39, 0.29) is 6.04 Å². The zero-order chi connectivity index (χ0) is 15.2. The van der Waals surface area contributed by atoms with Gasteiger partial charge in [-0.1, -0.05) is 53.9 Å². The van der Waals surface area contributed by atoms with E-state index in [4.69, 9.17) is 23.2 Å². The molecule has 1 nitrogen and oxygen atoms in total. The maximum absolute atomic E-state index is 6.13. The van der Waals surface area contributed by atoms with Gasteiger partial charge in [-0.05, 0) is 43.3 Å². The molecule has 0 aliphatic heterocycles. The highest BCUT2D eigenvalue weighted by molar-refractivity contribution is 7.99. The highest BCUT2D eigenvalue weighted by atomic mass is 35.5. The summed E-state index contributed by atoms with van der Waals surface area (Å²) in [5.74, 6) is 0.954. The lowest BCUT2D eigenvalue weighted by atomic mass is 10.1. The van der Waals surface area contributed by atoms with Gasteiger partial charge in [-0.25, -0.2) is 0 Å². The van der Waals surface area contributed by atoms with Crippen molar-refractivity contribution in [3.63, 3.8) is 0 Å². The SMILES string of the molecule is CCNC(CSc1cccc(C)c1)c1ccc(Cl)c(Cl)c1. The second-order valence-corrected chi connectivity index (χ2v) is 6.82. The summed E-state index contributed by atoms with van der Waals surface area (Å²) in [5, 5.41) is 4.72. The second kappa shape index (κ2) is 8.09. The number of halogens is 2. The van der Waals surface area contributed by atoms with Crippen molar-refractivity contribution in [3.05, 3.63) is 63.6 Å². The molecule has 2 aromatic rings.